The molecule has 1 saturated carbocycles. The highest BCUT2D eigenvalue weighted by Crippen LogP contribution is 2.38. The number of fused-ring (bicyclic) bond motifs is 1. The van der Waals surface area contributed by atoms with Gasteiger partial charge in [0.25, 0.3) is 5.91 Å². The predicted octanol–water partition coefficient (Wildman–Crippen LogP) is 1.62. The van der Waals surface area contributed by atoms with E-state index in [1.54, 1.807) is 13.8 Å². The summed E-state index contributed by atoms with van der Waals surface area (Å²) < 4.78 is 6.96. The van der Waals surface area contributed by atoms with Gasteiger partial charge >= 0.3 is 0 Å². The first-order valence-corrected chi connectivity index (χ1v) is 9.31. The van der Waals surface area contributed by atoms with Crippen molar-refractivity contribution in [2.75, 3.05) is 18.0 Å². The van der Waals surface area contributed by atoms with E-state index in [1.165, 1.54) is 0 Å². The summed E-state index contributed by atoms with van der Waals surface area (Å²) in [4.78, 5) is 14.7. The summed E-state index contributed by atoms with van der Waals surface area (Å²) in [5.74, 6) is 2.75. The molecule has 1 atom stereocenters. The van der Waals surface area contributed by atoms with Crippen molar-refractivity contribution in [2.24, 2.45) is 0 Å². The predicted molar refractivity (Wildman–Crippen MR) is 96.8 cm³/mol. The van der Waals surface area contributed by atoms with Crippen LogP contribution in [0.1, 0.15) is 52.8 Å². The zero-order chi connectivity index (χ0) is 18.5. The number of hydrogen-bond donors (Lipinski definition) is 1. The van der Waals surface area contributed by atoms with Crippen LogP contribution in [-0.4, -0.2) is 50.0 Å². The SMILES string of the molecule is Cc1noc(C)c1C(=O)NC1CCN(c2ccc3nnc(C4CC4)n3n2)C1. The Morgan fingerprint density at radius 1 is 1.22 bits per heavy atom. The van der Waals surface area contributed by atoms with Crippen LogP contribution < -0.4 is 10.2 Å². The lowest BCUT2D eigenvalue weighted by Gasteiger charge is -2.18. The number of amides is 1. The maximum absolute atomic E-state index is 12.5. The molecule has 1 amide bonds. The van der Waals surface area contributed by atoms with Crippen molar-refractivity contribution >= 4 is 17.4 Å². The van der Waals surface area contributed by atoms with Crippen LogP contribution in [0.3, 0.4) is 0 Å². The lowest BCUT2D eigenvalue weighted by atomic mass is 10.1. The van der Waals surface area contributed by atoms with Crippen LogP contribution in [-0.2, 0) is 0 Å². The molecule has 4 heterocycles. The minimum Gasteiger partial charge on any atom is -0.361 e. The number of hydrogen-bond acceptors (Lipinski definition) is 7. The molecule has 9 heteroatoms. The maximum atomic E-state index is 12.5. The van der Waals surface area contributed by atoms with E-state index in [0.717, 1.165) is 43.1 Å². The minimum atomic E-state index is -0.128. The zero-order valence-corrected chi connectivity index (χ0v) is 15.3. The molecule has 0 aromatic carbocycles. The van der Waals surface area contributed by atoms with Gasteiger partial charge in [-0.15, -0.1) is 15.3 Å². The Morgan fingerprint density at radius 2 is 2.07 bits per heavy atom. The van der Waals surface area contributed by atoms with Crippen molar-refractivity contribution in [3.05, 3.63) is 35.0 Å². The van der Waals surface area contributed by atoms with E-state index >= 15 is 0 Å². The van der Waals surface area contributed by atoms with Crippen molar-refractivity contribution in [1.29, 1.82) is 0 Å². The Kier molecular flexibility index (Phi) is 3.63. The Hall–Kier alpha value is -2.97. The molecule has 3 aromatic heterocycles. The average Bonchev–Trinajstić information content (AvgIpc) is 3.09. The summed E-state index contributed by atoms with van der Waals surface area (Å²) in [6.45, 7) is 5.09. The van der Waals surface area contributed by atoms with Gasteiger partial charge in [0.05, 0.1) is 5.69 Å². The highest BCUT2D eigenvalue weighted by atomic mass is 16.5. The molecule has 0 radical (unpaired) electrons. The molecule has 1 N–H and O–H groups in total. The van der Waals surface area contributed by atoms with E-state index in [4.69, 9.17) is 9.62 Å². The van der Waals surface area contributed by atoms with Crippen LogP contribution in [0, 0.1) is 13.8 Å². The lowest BCUT2D eigenvalue weighted by molar-refractivity contribution is 0.0938. The Labute approximate surface area is 155 Å². The van der Waals surface area contributed by atoms with Gasteiger partial charge in [-0.25, -0.2) is 0 Å². The fourth-order valence-electron chi connectivity index (χ4n) is 3.71. The third kappa shape index (κ3) is 2.83. The molecule has 0 spiro atoms. The van der Waals surface area contributed by atoms with Crippen molar-refractivity contribution in [1.82, 2.24) is 30.3 Å². The van der Waals surface area contributed by atoms with Gasteiger partial charge in [0.1, 0.15) is 17.1 Å². The largest absolute Gasteiger partial charge is 0.361 e. The first kappa shape index (κ1) is 16.2. The minimum absolute atomic E-state index is 0.0625. The van der Waals surface area contributed by atoms with E-state index in [2.05, 4.69) is 25.6 Å². The molecule has 1 aliphatic heterocycles. The molecule has 140 valence electrons. The van der Waals surface area contributed by atoms with Gasteiger partial charge in [0.2, 0.25) is 0 Å². The number of nitrogens with zero attached hydrogens (tertiary/aromatic N) is 6. The number of aromatic nitrogens is 5. The van der Waals surface area contributed by atoms with E-state index in [1.807, 2.05) is 16.6 Å². The number of rotatable bonds is 4. The number of anilines is 1. The highest BCUT2D eigenvalue weighted by molar-refractivity contribution is 5.96. The molecule has 1 unspecified atom stereocenters. The normalized spacial score (nSPS) is 19.8. The Balaban J connectivity index is 1.31. The van der Waals surface area contributed by atoms with Crippen LogP contribution >= 0.6 is 0 Å². The summed E-state index contributed by atoms with van der Waals surface area (Å²) in [5.41, 5.74) is 1.93. The molecule has 9 nitrogen and oxygen atoms in total. The van der Waals surface area contributed by atoms with Gasteiger partial charge in [0, 0.05) is 25.0 Å². The third-order valence-corrected chi connectivity index (χ3v) is 5.32. The van der Waals surface area contributed by atoms with Gasteiger partial charge in [-0.05, 0) is 45.2 Å². The van der Waals surface area contributed by atoms with Crippen LogP contribution in [0.4, 0.5) is 5.82 Å². The fourth-order valence-corrected chi connectivity index (χ4v) is 3.71. The molecule has 3 aromatic rings. The molecule has 0 bridgehead atoms. The summed E-state index contributed by atoms with van der Waals surface area (Å²) >= 11 is 0. The monoisotopic (exact) mass is 367 g/mol. The van der Waals surface area contributed by atoms with Gasteiger partial charge in [0.15, 0.2) is 11.5 Å². The quantitative estimate of drug-likeness (QED) is 0.747. The van der Waals surface area contributed by atoms with Gasteiger partial charge < -0.3 is 14.7 Å². The topological polar surface area (TPSA) is 101 Å². The number of nitrogens with one attached hydrogen (secondary N) is 1. The van der Waals surface area contributed by atoms with Crippen LogP contribution in [0.25, 0.3) is 5.65 Å². The third-order valence-electron chi connectivity index (χ3n) is 5.32. The molecular weight excluding hydrogens is 346 g/mol. The molecule has 2 aliphatic rings. The molecule has 2 fully saturated rings. The molecule has 1 saturated heterocycles. The molecule has 1 aliphatic carbocycles. The smallest absolute Gasteiger partial charge is 0.257 e. The second-order valence-electron chi connectivity index (χ2n) is 7.40. The number of carbonyl (C=O) groups is 1. The first-order chi connectivity index (χ1) is 13.1. The van der Waals surface area contributed by atoms with Crippen LogP contribution in [0.5, 0.6) is 0 Å². The average molecular weight is 367 g/mol. The second-order valence-corrected chi connectivity index (χ2v) is 7.40. The number of carbonyl (C=O) groups excluding carboxylic acids is 1. The second kappa shape index (κ2) is 6.04. The Morgan fingerprint density at radius 3 is 2.81 bits per heavy atom. The molecule has 5 rings (SSSR count). The molecule has 27 heavy (non-hydrogen) atoms. The van der Waals surface area contributed by atoms with Gasteiger partial charge in [-0.1, -0.05) is 5.16 Å². The van der Waals surface area contributed by atoms with Gasteiger partial charge in [-0.3, -0.25) is 4.79 Å². The molecular formula is C18H21N7O2. The standard InChI is InChI=1S/C18H21N7O2/c1-10-16(11(2)27-23-10)18(26)19-13-7-8-24(9-13)15-6-5-14-20-21-17(12-3-4-12)25(14)22-15/h5-6,12-13H,3-4,7-9H2,1-2H3,(H,19,26). The van der Waals surface area contributed by atoms with Crippen molar-refractivity contribution < 1.29 is 9.32 Å². The first-order valence-electron chi connectivity index (χ1n) is 9.31. The summed E-state index contributed by atoms with van der Waals surface area (Å²) in [6.07, 6.45) is 3.19. The summed E-state index contributed by atoms with van der Waals surface area (Å²) in [7, 11) is 0. The van der Waals surface area contributed by atoms with Crippen LogP contribution in [0.2, 0.25) is 0 Å². The Bertz CT molecular complexity index is 1000. The zero-order valence-electron chi connectivity index (χ0n) is 15.3. The van der Waals surface area contributed by atoms with E-state index in [9.17, 15) is 4.79 Å². The summed E-state index contributed by atoms with van der Waals surface area (Å²) in [6, 6.07) is 3.99. The highest BCUT2D eigenvalue weighted by Gasteiger charge is 2.31. The maximum Gasteiger partial charge on any atom is 0.257 e. The number of aryl methyl sites for hydroxylation is 2. The van der Waals surface area contributed by atoms with Gasteiger partial charge in [-0.2, -0.15) is 4.52 Å². The fraction of sp³-hybridized carbons (Fsp3) is 0.500. The van der Waals surface area contributed by atoms with Crippen molar-refractivity contribution in [3.63, 3.8) is 0 Å². The van der Waals surface area contributed by atoms with Crippen LogP contribution in [0.15, 0.2) is 16.7 Å². The van der Waals surface area contributed by atoms with Crippen molar-refractivity contribution in [2.45, 2.75) is 45.1 Å². The van der Waals surface area contributed by atoms with E-state index in [-0.39, 0.29) is 11.9 Å². The van der Waals surface area contributed by atoms with E-state index in [0.29, 0.717) is 29.5 Å². The lowest BCUT2D eigenvalue weighted by Crippen LogP contribution is -2.37. The van der Waals surface area contributed by atoms with Crippen molar-refractivity contribution in [3.8, 4) is 0 Å². The summed E-state index contributed by atoms with van der Waals surface area (Å²) in [5, 5.41) is 20.2. The van der Waals surface area contributed by atoms with E-state index < -0.39 is 0 Å².